The second kappa shape index (κ2) is 2.80. The molecule has 1 aliphatic heterocycles. The lowest BCUT2D eigenvalue weighted by Crippen LogP contribution is -2.34. The van der Waals surface area contributed by atoms with Crippen molar-refractivity contribution in [2.75, 3.05) is 11.1 Å². The van der Waals surface area contributed by atoms with Gasteiger partial charge < -0.3 is 11.1 Å². The molecule has 0 saturated heterocycles. The Morgan fingerprint density at radius 2 is 2.07 bits per heavy atom. The van der Waals surface area contributed by atoms with E-state index in [0.717, 1.165) is 0 Å². The first-order chi connectivity index (χ1) is 6.47. The SMILES string of the molecule is Nc1ccc2c(c1)N[C@@H](C(F)(F)F)C2. The van der Waals surface area contributed by atoms with Crippen molar-refractivity contribution in [3.05, 3.63) is 23.8 Å². The van der Waals surface area contributed by atoms with Gasteiger partial charge in [0.15, 0.2) is 0 Å². The normalized spacial score (nSPS) is 20.4. The number of nitrogens with one attached hydrogen (secondary N) is 1. The highest BCUT2D eigenvalue weighted by atomic mass is 19.4. The minimum absolute atomic E-state index is 0.0148. The third-order valence-corrected chi connectivity index (χ3v) is 2.28. The predicted octanol–water partition coefficient (Wildman–Crippen LogP) is 2.17. The Morgan fingerprint density at radius 1 is 1.36 bits per heavy atom. The molecule has 0 bridgehead atoms. The van der Waals surface area contributed by atoms with E-state index in [1.807, 2.05) is 0 Å². The van der Waals surface area contributed by atoms with Gasteiger partial charge in [0.1, 0.15) is 6.04 Å². The van der Waals surface area contributed by atoms with Crippen molar-refractivity contribution in [3.8, 4) is 0 Å². The maximum Gasteiger partial charge on any atom is 0.408 e. The standard InChI is InChI=1S/C9H9F3N2/c10-9(11,12)8-3-5-1-2-6(13)4-7(5)14-8/h1-2,4,8,14H,3,13H2/t8-/m1/s1. The van der Waals surface area contributed by atoms with Gasteiger partial charge in [-0.2, -0.15) is 13.2 Å². The van der Waals surface area contributed by atoms with E-state index in [-0.39, 0.29) is 6.42 Å². The molecule has 0 unspecified atom stereocenters. The van der Waals surface area contributed by atoms with Crippen LogP contribution in [-0.4, -0.2) is 12.2 Å². The van der Waals surface area contributed by atoms with Gasteiger partial charge in [0.05, 0.1) is 0 Å². The van der Waals surface area contributed by atoms with Crippen molar-refractivity contribution in [3.63, 3.8) is 0 Å². The molecule has 0 amide bonds. The third-order valence-electron chi connectivity index (χ3n) is 2.28. The highest BCUT2D eigenvalue weighted by Gasteiger charge is 2.42. The van der Waals surface area contributed by atoms with Crippen LogP contribution in [0.4, 0.5) is 24.5 Å². The third kappa shape index (κ3) is 1.49. The first-order valence-corrected chi connectivity index (χ1v) is 4.18. The fraction of sp³-hybridized carbons (Fsp3) is 0.333. The summed E-state index contributed by atoms with van der Waals surface area (Å²) in [5.41, 5.74) is 7.10. The van der Waals surface area contributed by atoms with E-state index in [1.165, 1.54) is 6.07 Å². The Balaban J connectivity index is 2.26. The van der Waals surface area contributed by atoms with Gasteiger partial charge in [-0.1, -0.05) is 6.07 Å². The van der Waals surface area contributed by atoms with Crippen molar-refractivity contribution in [2.24, 2.45) is 0 Å². The summed E-state index contributed by atoms with van der Waals surface area (Å²) < 4.78 is 37.0. The minimum Gasteiger partial charge on any atom is -0.399 e. The van der Waals surface area contributed by atoms with Crippen molar-refractivity contribution >= 4 is 11.4 Å². The van der Waals surface area contributed by atoms with Gasteiger partial charge in [-0.05, 0) is 17.7 Å². The molecule has 14 heavy (non-hydrogen) atoms. The van der Waals surface area contributed by atoms with Crippen LogP contribution in [-0.2, 0) is 6.42 Å². The Hall–Kier alpha value is -1.39. The van der Waals surface area contributed by atoms with Crippen LogP contribution >= 0.6 is 0 Å². The number of benzene rings is 1. The van der Waals surface area contributed by atoms with E-state index in [0.29, 0.717) is 16.9 Å². The molecule has 0 saturated carbocycles. The molecule has 0 fully saturated rings. The lowest BCUT2D eigenvalue weighted by atomic mass is 10.1. The lowest BCUT2D eigenvalue weighted by Gasteiger charge is -2.14. The zero-order valence-electron chi connectivity index (χ0n) is 7.23. The molecule has 76 valence electrons. The topological polar surface area (TPSA) is 38.0 Å². The summed E-state index contributed by atoms with van der Waals surface area (Å²) in [4.78, 5) is 0. The molecule has 5 heteroatoms. The highest BCUT2D eigenvalue weighted by Crippen LogP contribution is 2.35. The van der Waals surface area contributed by atoms with Gasteiger partial charge in [0, 0.05) is 17.8 Å². The van der Waals surface area contributed by atoms with E-state index < -0.39 is 12.2 Å². The average molecular weight is 202 g/mol. The second-order valence-corrected chi connectivity index (χ2v) is 3.36. The predicted molar refractivity (Wildman–Crippen MR) is 48.0 cm³/mol. The molecular formula is C9H9F3N2. The van der Waals surface area contributed by atoms with Crippen LogP contribution in [0.2, 0.25) is 0 Å². The highest BCUT2D eigenvalue weighted by molar-refractivity contribution is 5.63. The quantitative estimate of drug-likeness (QED) is 0.633. The molecular weight excluding hydrogens is 193 g/mol. The van der Waals surface area contributed by atoms with Gasteiger partial charge in [-0.25, -0.2) is 0 Å². The Labute approximate surface area is 78.9 Å². The minimum atomic E-state index is -4.20. The molecule has 0 aliphatic carbocycles. The van der Waals surface area contributed by atoms with E-state index in [9.17, 15) is 13.2 Å². The smallest absolute Gasteiger partial charge is 0.399 e. The van der Waals surface area contributed by atoms with Crippen molar-refractivity contribution in [2.45, 2.75) is 18.6 Å². The van der Waals surface area contributed by atoms with Crippen LogP contribution in [0.5, 0.6) is 0 Å². The molecule has 2 nitrogen and oxygen atoms in total. The van der Waals surface area contributed by atoms with Gasteiger partial charge in [0.25, 0.3) is 0 Å². The molecule has 2 rings (SSSR count). The first kappa shape index (κ1) is 9.18. The van der Waals surface area contributed by atoms with Crippen molar-refractivity contribution in [1.29, 1.82) is 0 Å². The largest absolute Gasteiger partial charge is 0.408 e. The fourth-order valence-corrected chi connectivity index (χ4v) is 1.56. The first-order valence-electron chi connectivity index (χ1n) is 4.18. The van der Waals surface area contributed by atoms with Gasteiger partial charge in [0.2, 0.25) is 0 Å². The van der Waals surface area contributed by atoms with Gasteiger partial charge in [-0.3, -0.25) is 0 Å². The maximum atomic E-state index is 12.3. The molecule has 0 spiro atoms. The maximum absolute atomic E-state index is 12.3. The number of anilines is 2. The Morgan fingerprint density at radius 3 is 2.71 bits per heavy atom. The van der Waals surface area contributed by atoms with E-state index >= 15 is 0 Å². The number of hydrogen-bond acceptors (Lipinski definition) is 2. The van der Waals surface area contributed by atoms with Crippen molar-refractivity contribution in [1.82, 2.24) is 0 Å². The number of nitrogen functional groups attached to an aromatic ring is 1. The fourth-order valence-electron chi connectivity index (χ4n) is 1.56. The van der Waals surface area contributed by atoms with Crippen LogP contribution in [0.3, 0.4) is 0 Å². The number of rotatable bonds is 0. The van der Waals surface area contributed by atoms with Crippen LogP contribution < -0.4 is 11.1 Å². The zero-order chi connectivity index (χ0) is 10.3. The molecule has 0 aromatic heterocycles. The van der Waals surface area contributed by atoms with E-state index in [1.54, 1.807) is 12.1 Å². The molecule has 1 atom stereocenters. The summed E-state index contributed by atoms with van der Waals surface area (Å²) in [5.74, 6) is 0. The van der Waals surface area contributed by atoms with Crippen LogP contribution in [0.1, 0.15) is 5.56 Å². The van der Waals surface area contributed by atoms with Crippen molar-refractivity contribution < 1.29 is 13.2 Å². The molecule has 1 heterocycles. The van der Waals surface area contributed by atoms with Crippen LogP contribution in [0.25, 0.3) is 0 Å². The summed E-state index contributed by atoms with van der Waals surface area (Å²) >= 11 is 0. The molecule has 1 aromatic carbocycles. The second-order valence-electron chi connectivity index (χ2n) is 3.36. The summed E-state index contributed by atoms with van der Waals surface area (Å²) in [7, 11) is 0. The molecule has 1 aromatic rings. The Kier molecular flexibility index (Phi) is 1.83. The van der Waals surface area contributed by atoms with Gasteiger partial charge >= 0.3 is 6.18 Å². The summed E-state index contributed by atoms with van der Waals surface area (Å²) in [6.07, 6.45) is -4.22. The van der Waals surface area contributed by atoms with E-state index in [2.05, 4.69) is 5.32 Å². The number of nitrogens with two attached hydrogens (primary N) is 1. The van der Waals surface area contributed by atoms with Gasteiger partial charge in [-0.15, -0.1) is 0 Å². The number of halogens is 3. The molecule has 1 aliphatic rings. The zero-order valence-corrected chi connectivity index (χ0v) is 7.23. The average Bonchev–Trinajstić information content (AvgIpc) is 2.45. The summed E-state index contributed by atoms with van der Waals surface area (Å²) in [6, 6.07) is 3.29. The summed E-state index contributed by atoms with van der Waals surface area (Å²) in [6.45, 7) is 0. The molecule has 3 N–H and O–H groups in total. The molecule has 0 radical (unpaired) electrons. The number of alkyl halides is 3. The Bertz CT molecular complexity index is 360. The van der Waals surface area contributed by atoms with E-state index in [4.69, 9.17) is 5.73 Å². The number of hydrogen-bond donors (Lipinski definition) is 2. The summed E-state index contributed by atoms with van der Waals surface area (Å²) in [5, 5.41) is 2.41. The van der Waals surface area contributed by atoms with Crippen LogP contribution in [0, 0.1) is 0 Å². The van der Waals surface area contributed by atoms with Crippen LogP contribution in [0.15, 0.2) is 18.2 Å². The lowest BCUT2D eigenvalue weighted by molar-refractivity contribution is -0.140. The number of fused-ring (bicyclic) bond motifs is 1. The monoisotopic (exact) mass is 202 g/mol.